The van der Waals surface area contributed by atoms with Gasteiger partial charge in [-0.25, -0.2) is 12.8 Å². The van der Waals surface area contributed by atoms with Gasteiger partial charge in [0.15, 0.2) is 0 Å². The number of halogens is 1. The van der Waals surface area contributed by atoms with E-state index in [1.54, 1.807) is 31.2 Å². The highest BCUT2D eigenvalue weighted by molar-refractivity contribution is 7.91. The van der Waals surface area contributed by atoms with Crippen LogP contribution in [0.4, 0.5) is 4.39 Å². The first kappa shape index (κ1) is 19.0. The largest absolute Gasteiger partial charge is 0.379 e. The van der Waals surface area contributed by atoms with Crippen molar-refractivity contribution in [2.45, 2.75) is 17.7 Å². The van der Waals surface area contributed by atoms with Crippen LogP contribution < -0.4 is 5.32 Å². The molecule has 1 amide bonds. The molecule has 0 spiro atoms. The average molecular weight is 398 g/mol. The summed E-state index contributed by atoms with van der Waals surface area (Å²) in [5.74, 6) is -0.845. The van der Waals surface area contributed by atoms with E-state index in [4.69, 9.17) is 4.74 Å². The van der Waals surface area contributed by atoms with Crippen LogP contribution in [0.1, 0.15) is 20.8 Å². The van der Waals surface area contributed by atoms with Crippen molar-refractivity contribution in [3.63, 3.8) is 0 Å². The Hall–Kier alpha value is -1.81. The lowest BCUT2D eigenvalue weighted by Crippen LogP contribution is -2.40. The summed E-state index contributed by atoms with van der Waals surface area (Å²) in [7, 11) is -3.53. The van der Waals surface area contributed by atoms with Crippen LogP contribution in [0, 0.1) is 12.7 Å². The highest BCUT2D eigenvalue weighted by Crippen LogP contribution is 2.25. The lowest BCUT2D eigenvalue weighted by molar-refractivity contribution is 0.0731. The van der Waals surface area contributed by atoms with E-state index >= 15 is 0 Å². The van der Waals surface area contributed by atoms with Crippen molar-refractivity contribution in [2.75, 3.05) is 26.3 Å². The number of aryl methyl sites for hydroxylation is 1. The highest BCUT2D eigenvalue weighted by Gasteiger charge is 2.27. The van der Waals surface area contributed by atoms with Gasteiger partial charge in [-0.15, -0.1) is 11.3 Å². The molecule has 0 radical (unpaired) electrons. The number of nitrogens with one attached hydrogen (secondary N) is 1. The number of morpholine rings is 1. The molecule has 1 N–H and O–H groups in total. The van der Waals surface area contributed by atoms with Gasteiger partial charge in [0.1, 0.15) is 10.0 Å². The summed E-state index contributed by atoms with van der Waals surface area (Å²) in [6, 6.07) is 7.50. The number of sulfonamides is 1. The second-order valence-corrected chi connectivity index (χ2v) is 9.22. The van der Waals surface area contributed by atoms with Crippen LogP contribution in [0.5, 0.6) is 0 Å². The van der Waals surface area contributed by atoms with Crippen molar-refractivity contribution in [2.24, 2.45) is 0 Å². The Morgan fingerprint density at radius 1 is 1.27 bits per heavy atom. The summed E-state index contributed by atoms with van der Waals surface area (Å²) in [6.45, 7) is 3.26. The van der Waals surface area contributed by atoms with Crippen molar-refractivity contribution in [1.29, 1.82) is 0 Å². The molecule has 9 heteroatoms. The van der Waals surface area contributed by atoms with Crippen molar-refractivity contribution in [1.82, 2.24) is 9.62 Å². The van der Waals surface area contributed by atoms with Crippen LogP contribution in [0.3, 0.4) is 0 Å². The van der Waals surface area contributed by atoms with Crippen LogP contribution in [0.2, 0.25) is 0 Å². The van der Waals surface area contributed by atoms with E-state index in [-0.39, 0.29) is 16.3 Å². The van der Waals surface area contributed by atoms with Gasteiger partial charge in [-0.3, -0.25) is 4.79 Å². The zero-order valence-electron chi connectivity index (χ0n) is 14.2. The number of thiophene rings is 1. The molecule has 0 saturated carbocycles. The minimum absolute atomic E-state index is 0.178. The molecule has 1 aliphatic heterocycles. The van der Waals surface area contributed by atoms with Crippen molar-refractivity contribution in [3.8, 4) is 0 Å². The van der Waals surface area contributed by atoms with Crippen LogP contribution >= 0.6 is 11.3 Å². The van der Waals surface area contributed by atoms with Gasteiger partial charge < -0.3 is 10.1 Å². The van der Waals surface area contributed by atoms with Gasteiger partial charge in [0.2, 0.25) is 0 Å². The van der Waals surface area contributed by atoms with Gasteiger partial charge in [0, 0.05) is 23.5 Å². The van der Waals surface area contributed by atoms with Crippen LogP contribution in [-0.4, -0.2) is 44.9 Å². The fourth-order valence-corrected chi connectivity index (χ4v) is 5.37. The van der Waals surface area contributed by atoms with E-state index in [0.29, 0.717) is 36.7 Å². The third-order valence-electron chi connectivity index (χ3n) is 4.06. The zero-order chi connectivity index (χ0) is 18.7. The summed E-state index contributed by atoms with van der Waals surface area (Å²) in [5, 5.41) is 2.68. The molecule has 26 heavy (non-hydrogen) atoms. The van der Waals surface area contributed by atoms with Crippen LogP contribution in [-0.2, 0) is 21.3 Å². The summed E-state index contributed by atoms with van der Waals surface area (Å²) in [5.41, 5.74) is 0.698. The maximum atomic E-state index is 13.6. The number of ether oxygens (including phenoxy) is 1. The van der Waals surface area contributed by atoms with Gasteiger partial charge in [0.05, 0.1) is 19.8 Å². The van der Waals surface area contributed by atoms with E-state index in [1.807, 2.05) is 0 Å². The number of rotatable bonds is 5. The summed E-state index contributed by atoms with van der Waals surface area (Å²) >= 11 is 1.12. The molecule has 0 aliphatic carbocycles. The average Bonchev–Trinajstić information content (AvgIpc) is 3.12. The molecule has 0 atom stereocenters. The molecular weight excluding hydrogens is 379 g/mol. The number of amides is 1. The first-order valence-electron chi connectivity index (χ1n) is 8.09. The summed E-state index contributed by atoms with van der Waals surface area (Å²) in [6.07, 6.45) is 0. The fourth-order valence-electron chi connectivity index (χ4n) is 2.51. The normalized spacial score (nSPS) is 15.8. The Morgan fingerprint density at radius 3 is 2.69 bits per heavy atom. The molecule has 6 nitrogen and oxygen atoms in total. The standard InChI is InChI=1S/C17H19FN2O4S2/c1-12-2-3-13(10-15(12)18)17(21)19-11-14-4-5-16(25-14)26(22,23)20-6-8-24-9-7-20/h2-5,10H,6-9,11H2,1H3,(H,19,21). The minimum atomic E-state index is -3.53. The highest BCUT2D eigenvalue weighted by atomic mass is 32.2. The number of carbonyl (C=O) groups is 1. The maximum Gasteiger partial charge on any atom is 0.252 e. The SMILES string of the molecule is Cc1ccc(C(=O)NCc2ccc(S(=O)(=O)N3CCOCC3)s2)cc1F. The molecule has 0 unspecified atom stereocenters. The van der Waals surface area contributed by atoms with E-state index in [0.717, 1.165) is 11.3 Å². The molecular formula is C17H19FN2O4S2. The third kappa shape index (κ3) is 4.12. The van der Waals surface area contributed by atoms with Gasteiger partial charge >= 0.3 is 0 Å². The van der Waals surface area contributed by atoms with Gasteiger partial charge in [-0.2, -0.15) is 4.31 Å². The number of hydrogen-bond acceptors (Lipinski definition) is 5. The van der Waals surface area contributed by atoms with E-state index in [2.05, 4.69) is 5.32 Å². The summed E-state index contributed by atoms with van der Waals surface area (Å²) < 4.78 is 45.5. The Kier molecular flexibility index (Phi) is 5.71. The zero-order valence-corrected chi connectivity index (χ0v) is 15.8. The summed E-state index contributed by atoms with van der Waals surface area (Å²) in [4.78, 5) is 12.8. The first-order valence-corrected chi connectivity index (χ1v) is 10.3. The van der Waals surface area contributed by atoms with Gasteiger partial charge in [-0.1, -0.05) is 6.07 Å². The molecule has 1 aromatic carbocycles. The Labute approximate surface area is 155 Å². The molecule has 3 rings (SSSR count). The van der Waals surface area contributed by atoms with E-state index < -0.39 is 21.7 Å². The van der Waals surface area contributed by atoms with Gasteiger partial charge in [0.25, 0.3) is 15.9 Å². The predicted octanol–water partition coefficient (Wildman–Crippen LogP) is 2.15. The topological polar surface area (TPSA) is 75.7 Å². The Morgan fingerprint density at radius 2 is 2.00 bits per heavy atom. The Balaban J connectivity index is 1.64. The molecule has 0 bridgehead atoms. The lowest BCUT2D eigenvalue weighted by atomic mass is 10.1. The van der Waals surface area contributed by atoms with Gasteiger partial charge in [-0.05, 0) is 36.8 Å². The Bertz CT molecular complexity index is 905. The van der Waals surface area contributed by atoms with Crippen LogP contribution in [0.25, 0.3) is 0 Å². The minimum Gasteiger partial charge on any atom is -0.379 e. The lowest BCUT2D eigenvalue weighted by Gasteiger charge is -2.25. The van der Waals surface area contributed by atoms with Crippen molar-refractivity contribution >= 4 is 27.3 Å². The molecule has 140 valence electrons. The monoisotopic (exact) mass is 398 g/mol. The number of nitrogens with zero attached hydrogens (tertiary/aromatic N) is 1. The van der Waals surface area contributed by atoms with Crippen molar-refractivity contribution in [3.05, 3.63) is 52.2 Å². The van der Waals surface area contributed by atoms with E-state index in [9.17, 15) is 17.6 Å². The van der Waals surface area contributed by atoms with E-state index in [1.165, 1.54) is 10.4 Å². The van der Waals surface area contributed by atoms with Crippen molar-refractivity contribution < 1.29 is 22.3 Å². The fraction of sp³-hybridized carbons (Fsp3) is 0.353. The molecule has 1 aromatic heterocycles. The predicted molar refractivity (Wildman–Crippen MR) is 96.2 cm³/mol. The number of carbonyl (C=O) groups excluding carboxylic acids is 1. The molecule has 1 fully saturated rings. The molecule has 2 heterocycles. The number of benzene rings is 1. The van der Waals surface area contributed by atoms with Crippen LogP contribution in [0.15, 0.2) is 34.5 Å². The molecule has 1 saturated heterocycles. The smallest absolute Gasteiger partial charge is 0.252 e. The third-order valence-corrected chi connectivity index (χ3v) is 7.51. The maximum absolute atomic E-state index is 13.6. The molecule has 1 aliphatic rings. The second-order valence-electron chi connectivity index (χ2n) is 5.88. The quantitative estimate of drug-likeness (QED) is 0.837. The second kappa shape index (κ2) is 7.83. The molecule has 2 aromatic rings. The number of hydrogen-bond donors (Lipinski definition) is 1. The first-order chi connectivity index (χ1) is 12.4.